The van der Waals surface area contributed by atoms with Crippen LogP contribution in [-0.4, -0.2) is 0 Å². The van der Waals surface area contributed by atoms with E-state index >= 15 is 0 Å². The van der Waals surface area contributed by atoms with E-state index in [0.717, 1.165) is 55.5 Å². The molecule has 0 saturated carbocycles. The van der Waals surface area contributed by atoms with Crippen molar-refractivity contribution < 1.29 is 4.42 Å². The van der Waals surface area contributed by atoms with Gasteiger partial charge in [-0.25, -0.2) is 0 Å². The Balaban J connectivity index is 1.09. The molecule has 1 aromatic heterocycles. The maximum absolute atomic E-state index is 6.91. The quantitative estimate of drug-likeness (QED) is 0.176. The summed E-state index contributed by atoms with van der Waals surface area (Å²) in [7, 11) is 0. The molecule has 300 valence electrons. The molecule has 0 bridgehead atoms. The Bertz CT molecular complexity index is 3710. The lowest BCUT2D eigenvalue weighted by Gasteiger charge is -2.33. The number of hydrogen-bond donors (Lipinski definition) is 0. The zero-order valence-electron chi connectivity index (χ0n) is 35.6. The molecule has 0 saturated heterocycles. The summed E-state index contributed by atoms with van der Waals surface area (Å²) in [4.78, 5) is 2.53. The molecular weight excluding hydrogens is 775 g/mol. The molecule has 10 aromatic carbocycles. The van der Waals surface area contributed by atoms with Crippen LogP contribution in [0.3, 0.4) is 0 Å². The molecule has 14 rings (SSSR count). The minimum atomic E-state index is -0.476. The number of nitrogens with zero attached hydrogens (tertiary/aromatic N) is 1. The molecule has 1 spiro atoms. The van der Waals surface area contributed by atoms with Gasteiger partial charge in [0.2, 0.25) is 0 Å². The average Bonchev–Trinajstić information content (AvgIpc) is 4.04. The van der Waals surface area contributed by atoms with E-state index in [1.807, 2.05) is 0 Å². The van der Waals surface area contributed by atoms with Gasteiger partial charge in [0, 0.05) is 38.5 Å². The van der Waals surface area contributed by atoms with Crippen LogP contribution in [0.15, 0.2) is 217 Å². The number of benzene rings is 10. The van der Waals surface area contributed by atoms with Gasteiger partial charge < -0.3 is 9.32 Å². The first-order chi connectivity index (χ1) is 31.5. The molecule has 2 heteroatoms. The smallest absolute Gasteiger partial charge is 0.143 e. The van der Waals surface area contributed by atoms with Crippen LogP contribution in [0.25, 0.3) is 77.2 Å². The Morgan fingerprint density at radius 2 is 0.906 bits per heavy atom. The molecule has 0 radical (unpaired) electrons. The van der Waals surface area contributed by atoms with Gasteiger partial charge >= 0.3 is 0 Å². The molecule has 64 heavy (non-hydrogen) atoms. The maximum atomic E-state index is 6.91. The number of hydrogen-bond acceptors (Lipinski definition) is 2. The van der Waals surface area contributed by atoms with Crippen LogP contribution in [0.2, 0.25) is 0 Å². The van der Waals surface area contributed by atoms with Crippen molar-refractivity contribution in [1.82, 2.24) is 0 Å². The fourth-order valence-corrected chi connectivity index (χ4v) is 12.1. The van der Waals surface area contributed by atoms with Crippen molar-refractivity contribution in [3.05, 3.63) is 246 Å². The van der Waals surface area contributed by atoms with Gasteiger partial charge in [-0.15, -0.1) is 0 Å². The molecule has 0 unspecified atom stereocenters. The van der Waals surface area contributed by atoms with Gasteiger partial charge in [-0.05, 0) is 120 Å². The summed E-state index contributed by atoms with van der Waals surface area (Å²) in [5.74, 6) is 0. The predicted molar refractivity (Wildman–Crippen MR) is 265 cm³/mol. The van der Waals surface area contributed by atoms with E-state index < -0.39 is 5.41 Å². The highest BCUT2D eigenvalue weighted by Crippen LogP contribution is 2.64. The van der Waals surface area contributed by atoms with E-state index in [1.165, 1.54) is 72.1 Å². The van der Waals surface area contributed by atoms with Crippen LogP contribution >= 0.6 is 0 Å². The number of fused-ring (bicyclic) bond motifs is 18. The summed E-state index contributed by atoms with van der Waals surface area (Å²) in [6, 6.07) is 79.0. The van der Waals surface area contributed by atoms with Crippen molar-refractivity contribution in [2.24, 2.45) is 0 Å². The van der Waals surface area contributed by atoms with Crippen molar-refractivity contribution in [1.29, 1.82) is 0 Å². The highest BCUT2D eigenvalue weighted by Gasteiger charge is 2.51. The molecule has 0 amide bonds. The molecule has 2 nitrogen and oxygen atoms in total. The Hall–Kier alpha value is -7.94. The summed E-state index contributed by atoms with van der Waals surface area (Å²) >= 11 is 0. The molecule has 1 heterocycles. The average molecular weight is 816 g/mol. The van der Waals surface area contributed by atoms with Gasteiger partial charge in [-0.1, -0.05) is 184 Å². The minimum absolute atomic E-state index is 0.178. The third-order valence-corrected chi connectivity index (χ3v) is 14.9. The molecule has 0 atom stereocenters. The van der Waals surface area contributed by atoms with Crippen LogP contribution in [0.4, 0.5) is 17.1 Å². The van der Waals surface area contributed by atoms with Crippen molar-refractivity contribution >= 4 is 49.8 Å². The summed E-state index contributed by atoms with van der Waals surface area (Å²) in [5, 5.41) is 4.52. The fourth-order valence-electron chi connectivity index (χ4n) is 12.1. The SMILES string of the molecule is CC1(C)c2ccccc2-c2ccc(N(c3ccc4c(c3)C3(c5ccccc5-c5ccccc53)c3ccccc3-4)c3ccc4oc5c6ccccc6ccc5c4c3-c3ccccc3)cc21. The summed E-state index contributed by atoms with van der Waals surface area (Å²) < 4.78 is 6.91. The molecular formula is C62H41NO. The lowest BCUT2D eigenvalue weighted by atomic mass is 9.70. The lowest BCUT2D eigenvalue weighted by molar-refractivity contribution is 0.660. The van der Waals surface area contributed by atoms with Crippen molar-refractivity contribution in [2.45, 2.75) is 24.7 Å². The molecule has 3 aliphatic rings. The van der Waals surface area contributed by atoms with Crippen LogP contribution in [0.5, 0.6) is 0 Å². The van der Waals surface area contributed by atoms with E-state index in [1.54, 1.807) is 0 Å². The summed E-state index contributed by atoms with van der Waals surface area (Å²) in [6.07, 6.45) is 0. The largest absolute Gasteiger partial charge is 0.455 e. The van der Waals surface area contributed by atoms with E-state index in [9.17, 15) is 0 Å². The van der Waals surface area contributed by atoms with Crippen molar-refractivity contribution in [3.63, 3.8) is 0 Å². The maximum Gasteiger partial charge on any atom is 0.143 e. The van der Waals surface area contributed by atoms with E-state index in [-0.39, 0.29) is 5.41 Å². The number of rotatable bonds is 4. The molecule has 0 aliphatic heterocycles. The van der Waals surface area contributed by atoms with Gasteiger partial charge in [0.15, 0.2) is 0 Å². The number of anilines is 3. The second kappa shape index (κ2) is 12.8. The third-order valence-electron chi connectivity index (χ3n) is 14.9. The van der Waals surface area contributed by atoms with Crippen LogP contribution in [-0.2, 0) is 10.8 Å². The van der Waals surface area contributed by atoms with Crippen LogP contribution in [0.1, 0.15) is 47.2 Å². The summed E-state index contributed by atoms with van der Waals surface area (Å²) in [6.45, 7) is 4.75. The monoisotopic (exact) mass is 815 g/mol. The van der Waals surface area contributed by atoms with Gasteiger partial charge in [0.25, 0.3) is 0 Å². The summed E-state index contributed by atoms with van der Waals surface area (Å²) in [5.41, 5.74) is 22.6. The highest BCUT2D eigenvalue weighted by molar-refractivity contribution is 6.21. The second-order valence-electron chi connectivity index (χ2n) is 18.3. The highest BCUT2D eigenvalue weighted by atomic mass is 16.3. The zero-order chi connectivity index (χ0) is 42.3. The zero-order valence-corrected chi connectivity index (χ0v) is 35.6. The molecule has 11 aromatic rings. The lowest BCUT2D eigenvalue weighted by Crippen LogP contribution is -2.26. The van der Waals surface area contributed by atoms with Gasteiger partial charge in [0.1, 0.15) is 11.2 Å². The topological polar surface area (TPSA) is 16.4 Å². The first-order valence-electron chi connectivity index (χ1n) is 22.4. The van der Waals surface area contributed by atoms with Crippen LogP contribution in [0, 0.1) is 0 Å². The molecule has 3 aliphatic carbocycles. The Morgan fingerprint density at radius 3 is 1.56 bits per heavy atom. The molecule has 0 fully saturated rings. The predicted octanol–water partition coefficient (Wildman–Crippen LogP) is 16.5. The Kier molecular flexibility index (Phi) is 7.13. The van der Waals surface area contributed by atoms with Crippen molar-refractivity contribution in [2.75, 3.05) is 4.90 Å². The van der Waals surface area contributed by atoms with Gasteiger partial charge in [-0.2, -0.15) is 0 Å². The van der Waals surface area contributed by atoms with E-state index in [0.29, 0.717) is 0 Å². The first kappa shape index (κ1) is 35.6. The van der Waals surface area contributed by atoms with Crippen LogP contribution < -0.4 is 4.90 Å². The molecule has 0 N–H and O–H groups in total. The standard InChI is InChI=1S/C62H41NO/c1-61(2)50-24-12-8-20-43(50)47-32-29-40(36-54(47)61)63(56-34-35-57-59(58(56)39-17-4-3-5-18-39)49-31-28-38-16-6-7-19-42(38)60(49)64-57)41-30-33-48-46-23-11-15-27-53(46)62(55(48)37-41)51-25-13-9-21-44(51)45-22-10-14-26-52(45)62/h3-37H,1-2H3. The minimum Gasteiger partial charge on any atom is -0.455 e. The van der Waals surface area contributed by atoms with Gasteiger partial charge in [0.05, 0.1) is 11.1 Å². The normalized spacial score (nSPS) is 14.3. The first-order valence-corrected chi connectivity index (χ1v) is 22.4. The number of furan rings is 1. The van der Waals surface area contributed by atoms with E-state index in [4.69, 9.17) is 4.42 Å². The van der Waals surface area contributed by atoms with Gasteiger partial charge in [-0.3, -0.25) is 0 Å². The third kappa shape index (κ3) is 4.54. The van der Waals surface area contributed by atoms with Crippen molar-refractivity contribution in [3.8, 4) is 44.5 Å². The Morgan fingerprint density at radius 1 is 0.391 bits per heavy atom. The van der Waals surface area contributed by atoms with E-state index in [2.05, 4.69) is 231 Å². The fraction of sp³-hybridized carbons (Fsp3) is 0.0645. The second-order valence-corrected chi connectivity index (χ2v) is 18.3. The Labute approximate surface area is 372 Å².